The molecule has 1 aliphatic carbocycles. The summed E-state index contributed by atoms with van der Waals surface area (Å²) in [6, 6.07) is 4.91. The summed E-state index contributed by atoms with van der Waals surface area (Å²) in [6.45, 7) is 11.0. The maximum atomic E-state index is 4.55. The van der Waals surface area contributed by atoms with E-state index < -0.39 is 0 Å². The van der Waals surface area contributed by atoms with Crippen molar-refractivity contribution < 1.29 is 0 Å². The van der Waals surface area contributed by atoms with Gasteiger partial charge in [0.05, 0.1) is 0 Å². The maximum absolute atomic E-state index is 4.55. The molecule has 98 valence electrons. The van der Waals surface area contributed by atoms with E-state index >= 15 is 0 Å². The second-order valence-electron chi connectivity index (χ2n) is 5.11. The first-order valence-electron chi connectivity index (χ1n) is 6.77. The van der Waals surface area contributed by atoms with E-state index in [-0.39, 0.29) is 0 Å². The van der Waals surface area contributed by atoms with Crippen LogP contribution in [-0.4, -0.2) is 24.1 Å². The fraction of sp³-hybridized carbons (Fsp3) is 0.533. The zero-order valence-electron chi connectivity index (χ0n) is 11.4. The minimum Gasteiger partial charge on any atom is -0.353 e. The van der Waals surface area contributed by atoms with Gasteiger partial charge in [0, 0.05) is 37.4 Å². The summed E-state index contributed by atoms with van der Waals surface area (Å²) in [5, 5.41) is 3.56. The van der Waals surface area contributed by atoms with Crippen LogP contribution in [-0.2, 0) is 6.54 Å². The molecule has 0 aliphatic heterocycles. The van der Waals surface area contributed by atoms with Crippen molar-refractivity contribution in [2.24, 2.45) is 0 Å². The number of rotatable bonds is 7. The second-order valence-corrected chi connectivity index (χ2v) is 5.11. The quantitative estimate of drug-likeness (QED) is 0.749. The summed E-state index contributed by atoms with van der Waals surface area (Å²) in [6.07, 6.45) is 4.51. The van der Waals surface area contributed by atoms with E-state index in [0.29, 0.717) is 0 Å². The lowest BCUT2D eigenvalue weighted by Gasteiger charge is -2.24. The summed E-state index contributed by atoms with van der Waals surface area (Å²) in [7, 11) is 0. The number of nitrogens with one attached hydrogen (secondary N) is 1. The molecule has 0 spiro atoms. The molecule has 0 unspecified atom stereocenters. The number of likely N-dealkylation sites (N-methyl/N-ethyl adjacent to an activating group) is 1. The molecule has 1 fully saturated rings. The molecule has 0 aromatic carbocycles. The van der Waals surface area contributed by atoms with Crippen LogP contribution in [0.4, 0.5) is 5.82 Å². The van der Waals surface area contributed by atoms with Gasteiger partial charge < -0.3 is 10.2 Å². The topological polar surface area (TPSA) is 28.2 Å². The highest BCUT2D eigenvalue weighted by molar-refractivity contribution is 5.47. The Balaban J connectivity index is 2.10. The largest absolute Gasteiger partial charge is 0.353 e. The van der Waals surface area contributed by atoms with Crippen LogP contribution in [0.3, 0.4) is 0 Å². The molecule has 0 amide bonds. The van der Waals surface area contributed by atoms with Crippen LogP contribution >= 0.6 is 0 Å². The molecule has 1 N–H and O–H groups in total. The van der Waals surface area contributed by atoms with Crippen LogP contribution in [0.15, 0.2) is 30.5 Å². The molecule has 1 aromatic rings. The van der Waals surface area contributed by atoms with Crippen molar-refractivity contribution in [1.82, 2.24) is 10.3 Å². The number of hydrogen-bond acceptors (Lipinski definition) is 3. The van der Waals surface area contributed by atoms with E-state index in [9.17, 15) is 0 Å². The fourth-order valence-electron chi connectivity index (χ4n) is 2.06. The molecule has 1 heterocycles. The van der Waals surface area contributed by atoms with E-state index in [1.54, 1.807) is 0 Å². The standard InChI is InChI=1S/C15H23N3/c1-4-18(11-12(2)3)15-13(6-5-9-16-15)10-17-14-7-8-14/h5-6,9,14,17H,2,4,7-8,10-11H2,1,3H3. The van der Waals surface area contributed by atoms with Crippen LogP contribution in [0, 0.1) is 0 Å². The summed E-state index contributed by atoms with van der Waals surface area (Å²) in [5.41, 5.74) is 2.45. The molecule has 1 aliphatic rings. The average molecular weight is 245 g/mol. The molecular formula is C15H23N3. The van der Waals surface area contributed by atoms with Gasteiger partial charge in [0.1, 0.15) is 5.82 Å². The van der Waals surface area contributed by atoms with Crippen LogP contribution in [0.25, 0.3) is 0 Å². The third kappa shape index (κ3) is 3.57. The lowest BCUT2D eigenvalue weighted by Crippen LogP contribution is -2.28. The minimum absolute atomic E-state index is 0.731. The van der Waals surface area contributed by atoms with E-state index in [2.05, 4.69) is 41.7 Å². The fourth-order valence-corrected chi connectivity index (χ4v) is 2.06. The Hall–Kier alpha value is -1.35. The SMILES string of the molecule is C=C(C)CN(CC)c1ncccc1CNC1CC1. The van der Waals surface area contributed by atoms with E-state index in [0.717, 1.165) is 31.5 Å². The van der Waals surface area contributed by atoms with Crippen molar-refractivity contribution in [3.63, 3.8) is 0 Å². The molecule has 1 aromatic heterocycles. The van der Waals surface area contributed by atoms with E-state index in [1.165, 1.54) is 24.0 Å². The highest BCUT2D eigenvalue weighted by Gasteiger charge is 2.21. The zero-order valence-corrected chi connectivity index (χ0v) is 11.4. The van der Waals surface area contributed by atoms with Gasteiger partial charge in [0.15, 0.2) is 0 Å². The van der Waals surface area contributed by atoms with Crippen LogP contribution in [0.2, 0.25) is 0 Å². The van der Waals surface area contributed by atoms with Crippen molar-refractivity contribution >= 4 is 5.82 Å². The number of hydrogen-bond donors (Lipinski definition) is 1. The van der Waals surface area contributed by atoms with Crippen LogP contribution in [0.5, 0.6) is 0 Å². The zero-order chi connectivity index (χ0) is 13.0. The predicted molar refractivity (Wildman–Crippen MR) is 76.8 cm³/mol. The van der Waals surface area contributed by atoms with Crippen molar-refractivity contribution in [3.8, 4) is 0 Å². The van der Waals surface area contributed by atoms with Gasteiger partial charge in [-0.3, -0.25) is 0 Å². The first-order chi connectivity index (χ1) is 8.70. The normalized spacial score (nSPS) is 14.6. The monoisotopic (exact) mass is 245 g/mol. The van der Waals surface area contributed by atoms with Gasteiger partial charge in [0.25, 0.3) is 0 Å². The Labute approximate surface area is 110 Å². The summed E-state index contributed by atoms with van der Waals surface area (Å²) < 4.78 is 0. The third-order valence-electron chi connectivity index (χ3n) is 3.17. The van der Waals surface area contributed by atoms with Gasteiger partial charge in [0.2, 0.25) is 0 Å². The van der Waals surface area contributed by atoms with Gasteiger partial charge >= 0.3 is 0 Å². The van der Waals surface area contributed by atoms with Crippen molar-refractivity contribution in [2.45, 2.75) is 39.3 Å². The number of anilines is 1. The van der Waals surface area contributed by atoms with Gasteiger partial charge in [-0.15, -0.1) is 0 Å². The first kappa shape index (κ1) is 13.1. The summed E-state index contributed by atoms with van der Waals surface area (Å²) >= 11 is 0. The van der Waals surface area contributed by atoms with E-state index in [4.69, 9.17) is 0 Å². The Morgan fingerprint density at radius 2 is 2.33 bits per heavy atom. The Kier molecular flexibility index (Phi) is 4.37. The predicted octanol–water partition coefficient (Wildman–Crippen LogP) is 2.74. The molecule has 3 nitrogen and oxygen atoms in total. The number of pyridine rings is 1. The Bertz CT molecular complexity index is 410. The molecule has 1 saturated carbocycles. The Morgan fingerprint density at radius 1 is 1.56 bits per heavy atom. The lowest BCUT2D eigenvalue weighted by atomic mass is 10.2. The molecule has 0 radical (unpaired) electrons. The van der Waals surface area contributed by atoms with Gasteiger partial charge in [-0.2, -0.15) is 0 Å². The third-order valence-corrected chi connectivity index (χ3v) is 3.17. The molecule has 18 heavy (non-hydrogen) atoms. The highest BCUT2D eigenvalue weighted by atomic mass is 15.2. The molecule has 0 saturated heterocycles. The van der Waals surface area contributed by atoms with Gasteiger partial charge in [-0.25, -0.2) is 4.98 Å². The molecule has 0 bridgehead atoms. The van der Waals surface area contributed by atoms with Crippen LogP contribution < -0.4 is 10.2 Å². The lowest BCUT2D eigenvalue weighted by molar-refractivity contribution is 0.682. The number of aromatic nitrogens is 1. The van der Waals surface area contributed by atoms with Gasteiger partial charge in [-0.1, -0.05) is 18.2 Å². The first-order valence-corrected chi connectivity index (χ1v) is 6.77. The highest BCUT2D eigenvalue weighted by Crippen LogP contribution is 2.22. The maximum Gasteiger partial charge on any atom is 0.133 e. The molecule has 2 rings (SSSR count). The van der Waals surface area contributed by atoms with E-state index in [1.807, 2.05) is 12.3 Å². The van der Waals surface area contributed by atoms with Gasteiger partial charge in [-0.05, 0) is 32.8 Å². The minimum atomic E-state index is 0.731. The summed E-state index contributed by atoms with van der Waals surface area (Å²) in [5.74, 6) is 1.09. The average Bonchev–Trinajstić information content (AvgIpc) is 3.18. The number of nitrogens with zero attached hydrogens (tertiary/aromatic N) is 2. The smallest absolute Gasteiger partial charge is 0.133 e. The molecule has 0 atom stereocenters. The van der Waals surface area contributed by atoms with Crippen LogP contribution in [0.1, 0.15) is 32.3 Å². The summed E-state index contributed by atoms with van der Waals surface area (Å²) in [4.78, 5) is 6.83. The second kappa shape index (κ2) is 6.01. The Morgan fingerprint density at radius 3 is 2.94 bits per heavy atom. The van der Waals surface area contributed by atoms with Crippen molar-refractivity contribution in [3.05, 3.63) is 36.0 Å². The molecular weight excluding hydrogens is 222 g/mol. The molecule has 3 heteroatoms. The van der Waals surface area contributed by atoms with Crippen molar-refractivity contribution in [2.75, 3.05) is 18.0 Å². The van der Waals surface area contributed by atoms with Crippen molar-refractivity contribution in [1.29, 1.82) is 0 Å².